The van der Waals surface area contributed by atoms with Gasteiger partial charge in [0.25, 0.3) is 11.6 Å². The van der Waals surface area contributed by atoms with Crippen LogP contribution >= 0.6 is 0 Å². The Labute approximate surface area is 163 Å². The first kappa shape index (κ1) is 18.2. The van der Waals surface area contributed by atoms with E-state index in [2.05, 4.69) is 0 Å². The number of fused-ring (bicyclic) bond motifs is 3. The van der Waals surface area contributed by atoms with Gasteiger partial charge in [-0.25, -0.2) is 0 Å². The number of aryl methyl sites for hydroxylation is 3. The van der Waals surface area contributed by atoms with Crippen molar-refractivity contribution < 1.29 is 9.72 Å². The molecule has 1 aliphatic heterocycles. The third kappa shape index (κ3) is 3.15. The lowest BCUT2D eigenvalue weighted by molar-refractivity contribution is -0.383. The highest BCUT2D eigenvalue weighted by Gasteiger charge is 2.29. The molecule has 28 heavy (non-hydrogen) atoms. The van der Waals surface area contributed by atoms with Crippen molar-refractivity contribution >= 4 is 22.5 Å². The summed E-state index contributed by atoms with van der Waals surface area (Å²) in [6.45, 7) is 1.24. The first-order valence-corrected chi connectivity index (χ1v) is 9.66. The van der Waals surface area contributed by atoms with Gasteiger partial charge in [0.15, 0.2) is 0 Å². The number of amides is 1. The highest BCUT2D eigenvalue weighted by atomic mass is 16.6. The number of non-ortho nitro benzene ring substituents is 1. The fourth-order valence-electron chi connectivity index (χ4n) is 4.15. The standard InChI is InChI=1S/C22H23N3O3/c1-23-14-6-5-10-18-17-11-7-12-19(25(27)28)20(17)24(21(18)22(23)26)15-13-16-8-3-2-4-9-16/h2-4,7-9,11-12H,5-6,10,13-15H2,1H3. The molecule has 0 radical (unpaired) electrons. The molecule has 1 amide bonds. The number of benzene rings is 2. The largest absolute Gasteiger partial charge is 0.340 e. The molecule has 0 spiro atoms. The quantitative estimate of drug-likeness (QED) is 0.505. The second kappa shape index (κ2) is 7.46. The molecule has 0 fully saturated rings. The van der Waals surface area contributed by atoms with Crippen molar-refractivity contribution in [2.45, 2.75) is 32.2 Å². The summed E-state index contributed by atoms with van der Waals surface area (Å²) in [6, 6.07) is 15.2. The van der Waals surface area contributed by atoms with E-state index in [9.17, 15) is 14.9 Å². The Hall–Kier alpha value is -3.15. The van der Waals surface area contributed by atoms with Gasteiger partial charge in [0.05, 0.1) is 4.92 Å². The molecule has 2 aromatic carbocycles. The van der Waals surface area contributed by atoms with E-state index in [4.69, 9.17) is 0 Å². The van der Waals surface area contributed by atoms with Gasteiger partial charge in [0.2, 0.25) is 0 Å². The van der Waals surface area contributed by atoms with Crippen LogP contribution in [0.3, 0.4) is 0 Å². The third-order valence-electron chi connectivity index (χ3n) is 5.55. The Bertz CT molecular complexity index is 1040. The number of rotatable bonds is 4. The zero-order valence-electron chi connectivity index (χ0n) is 15.9. The van der Waals surface area contributed by atoms with E-state index in [1.54, 1.807) is 11.0 Å². The van der Waals surface area contributed by atoms with Gasteiger partial charge in [-0.2, -0.15) is 0 Å². The second-order valence-corrected chi connectivity index (χ2v) is 7.33. The van der Waals surface area contributed by atoms with Crippen LogP contribution in [0.2, 0.25) is 0 Å². The topological polar surface area (TPSA) is 68.4 Å². The van der Waals surface area contributed by atoms with Crippen LogP contribution in [0, 0.1) is 10.1 Å². The van der Waals surface area contributed by atoms with Gasteiger partial charge < -0.3 is 9.47 Å². The predicted molar refractivity (Wildman–Crippen MR) is 109 cm³/mol. The lowest BCUT2D eigenvalue weighted by Gasteiger charge is -2.22. The number of nitro groups is 1. The number of nitrogens with zero attached hydrogens (tertiary/aromatic N) is 3. The van der Waals surface area contributed by atoms with Gasteiger partial charge in [-0.3, -0.25) is 14.9 Å². The highest BCUT2D eigenvalue weighted by Crippen LogP contribution is 2.35. The summed E-state index contributed by atoms with van der Waals surface area (Å²) in [7, 11) is 1.81. The molecule has 0 atom stereocenters. The minimum atomic E-state index is -0.345. The van der Waals surface area contributed by atoms with Crippen molar-refractivity contribution in [1.29, 1.82) is 0 Å². The molecule has 0 N–H and O–H groups in total. The molecule has 6 nitrogen and oxygen atoms in total. The summed E-state index contributed by atoms with van der Waals surface area (Å²) in [5, 5.41) is 12.6. The fraction of sp³-hybridized carbons (Fsp3) is 0.318. The Balaban J connectivity index is 1.92. The van der Waals surface area contributed by atoms with Gasteiger partial charge >= 0.3 is 0 Å². The highest BCUT2D eigenvalue weighted by molar-refractivity contribution is 6.04. The van der Waals surface area contributed by atoms with Crippen LogP contribution in [-0.2, 0) is 19.4 Å². The number of carbonyl (C=O) groups is 1. The number of para-hydroxylation sites is 1. The van der Waals surface area contributed by atoms with E-state index in [-0.39, 0.29) is 16.5 Å². The van der Waals surface area contributed by atoms with E-state index in [1.165, 1.54) is 6.07 Å². The van der Waals surface area contributed by atoms with Crippen molar-refractivity contribution in [3.8, 4) is 0 Å². The van der Waals surface area contributed by atoms with E-state index in [0.29, 0.717) is 30.7 Å². The SMILES string of the molecule is CN1CCCCc2c(n(CCc3ccccc3)c3c([N+](=O)[O-])cccc23)C1=O. The first-order valence-electron chi connectivity index (χ1n) is 9.66. The fourth-order valence-corrected chi connectivity index (χ4v) is 4.15. The van der Waals surface area contributed by atoms with Crippen LogP contribution in [0.1, 0.15) is 34.5 Å². The number of aromatic nitrogens is 1. The molecule has 4 rings (SSSR count). The van der Waals surface area contributed by atoms with Crippen molar-refractivity contribution in [2.75, 3.05) is 13.6 Å². The normalized spacial score (nSPS) is 14.6. The summed E-state index contributed by atoms with van der Waals surface area (Å²) < 4.78 is 1.89. The van der Waals surface area contributed by atoms with Crippen LogP contribution in [0.4, 0.5) is 5.69 Å². The Kier molecular flexibility index (Phi) is 4.86. The molecular formula is C22H23N3O3. The maximum absolute atomic E-state index is 13.2. The molecule has 1 aliphatic rings. The molecule has 0 saturated heterocycles. The molecule has 0 bridgehead atoms. The molecule has 144 valence electrons. The van der Waals surface area contributed by atoms with Crippen molar-refractivity contribution in [2.24, 2.45) is 0 Å². The second-order valence-electron chi connectivity index (χ2n) is 7.33. The third-order valence-corrected chi connectivity index (χ3v) is 5.55. The molecule has 0 aliphatic carbocycles. The van der Waals surface area contributed by atoms with E-state index in [1.807, 2.05) is 48.0 Å². The molecular weight excluding hydrogens is 354 g/mol. The summed E-state index contributed by atoms with van der Waals surface area (Å²) in [5.74, 6) is -0.0479. The zero-order chi connectivity index (χ0) is 19.7. The molecule has 0 saturated carbocycles. The van der Waals surface area contributed by atoms with Crippen molar-refractivity contribution in [1.82, 2.24) is 9.47 Å². The van der Waals surface area contributed by atoms with Crippen LogP contribution in [0.15, 0.2) is 48.5 Å². The van der Waals surface area contributed by atoms with E-state index < -0.39 is 0 Å². The Morgan fingerprint density at radius 1 is 1.07 bits per heavy atom. The first-order chi connectivity index (χ1) is 13.6. The van der Waals surface area contributed by atoms with Crippen LogP contribution < -0.4 is 0 Å². The number of nitro benzene ring substituents is 1. The molecule has 2 heterocycles. The van der Waals surface area contributed by atoms with Crippen LogP contribution in [0.25, 0.3) is 10.9 Å². The Morgan fingerprint density at radius 3 is 2.61 bits per heavy atom. The minimum absolute atomic E-state index is 0.0479. The summed E-state index contributed by atoms with van der Waals surface area (Å²) in [6.07, 6.45) is 3.38. The van der Waals surface area contributed by atoms with Crippen molar-refractivity contribution in [3.05, 3.63) is 75.5 Å². The summed E-state index contributed by atoms with van der Waals surface area (Å²) >= 11 is 0. The van der Waals surface area contributed by atoms with Gasteiger partial charge in [-0.1, -0.05) is 42.5 Å². The monoisotopic (exact) mass is 377 g/mol. The Morgan fingerprint density at radius 2 is 1.86 bits per heavy atom. The van der Waals surface area contributed by atoms with E-state index in [0.717, 1.165) is 35.8 Å². The predicted octanol–water partition coefficient (Wildman–Crippen LogP) is 4.20. The maximum Gasteiger partial charge on any atom is 0.293 e. The summed E-state index contributed by atoms with van der Waals surface area (Å²) in [5.41, 5.74) is 3.33. The van der Waals surface area contributed by atoms with E-state index >= 15 is 0 Å². The number of carbonyl (C=O) groups excluding carboxylic acids is 1. The lowest BCUT2D eigenvalue weighted by Crippen LogP contribution is -2.32. The van der Waals surface area contributed by atoms with Gasteiger partial charge in [-0.15, -0.1) is 0 Å². The smallest absolute Gasteiger partial charge is 0.293 e. The van der Waals surface area contributed by atoms with Crippen LogP contribution in [0.5, 0.6) is 0 Å². The number of hydrogen-bond acceptors (Lipinski definition) is 3. The minimum Gasteiger partial charge on any atom is -0.340 e. The van der Waals surface area contributed by atoms with Gasteiger partial charge in [-0.05, 0) is 36.8 Å². The average Bonchev–Trinajstić information content (AvgIpc) is 3.01. The maximum atomic E-state index is 13.2. The molecule has 0 unspecified atom stereocenters. The zero-order valence-corrected chi connectivity index (χ0v) is 15.9. The molecule has 6 heteroatoms. The summed E-state index contributed by atoms with van der Waals surface area (Å²) in [4.78, 5) is 26.3. The number of hydrogen-bond donors (Lipinski definition) is 0. The average molecular weight is 377 g/mol. The van der Waals surface area contributed by atoms with Gasteiger partial charge in [0, 0.05) is 31.6 Å². The lowest BCUT2D eigenvalue weighted by atomic mass is 10.0. The molecule has 3 aromatic rings. The van der Waals surface area contributed by atoms with Crippen molar-refractivity contribution in [3.63, 3.8) is 0 Å². The van der Waals surface area contributed by atoms with Crippen LogP contribution in [-0.4, -0.2) is 33.9 Å². The van der Waals surface area contributed by atoms with Gasteiger partial charge in [0.1, 0.15) is 11.2 Å². The molecule has 1 aromatic heterocycles.